The molecule has 0 aliphatic carbocycles. The zero-order chi connectivity index (χ0) is 25.9. The first-order chi connectivity index (χ1) is 18.0. The number of anilines is 1. The topological polar surface area (TPSA) is 107 Å². The van der Waals surface area contributed by atoms with Crippen LogP contribution in [0.3, 0.4) is 0 Å². The lowest BCUT2D eigenvalue weighted by Crippen LogP contribution is -2.40. The maximum Gasteiger partial charge on any atom is 0.246 e. The Morgan fingerprint density at radius 1 is 1.14 bits per heavy atom. The van der Waals surface area contributed by atoms with Gasteiger partial charge in [0.2, 0.25) is 5.91 Å². The van der Waals surface area contributed by atoms with Crippen molar-refractivity contribution in [1.82, 2.24) is 24.6 Å². The molecule has 5 rings (SSSR count). The zero-order valence-corrected chi connectivity index (χ0v) is 20.9. The highest BCUT2D eigenvalue weighted by Crippen LogP contribution is 2.34. The maximum atomic E-state index is 12.7. The van der Waals surface area contributed by atoms with Crippen LogP contribution in [-0.2, 0) is 11.2 Å². The number of amides is 1. The Bertz CT molecular complexity index is 1470. The second-order valence-electron chi connectivity index (χ2n) is 9.47. The van der Waals surface area contributed by atoms with Gasteiger partial charge in [-0.15, -0.1) is 0 Å². The van der Waals surface area contributed by atoms with E-state index in [1.165, 1.54) is 12.4 Å². The molecule has 1 aliphatic heterocycles. The Balaban J connectivity index is 1.40. The summed E-state index contributed by atoms with van der Waals surface area (Å²) < 4.78 is 1.89. The van der Waals surface area contributed by atoms with Crippen LogP contribution in [0.15, 0.2) is 67.5 Å². The van der Waals surface area contributed by atoms with Gasteiger partial charge in [0.1, 0.15) is 17.8 Å². The predicted molar refractivity (Wildman–Crippen MR) is 144 cm³/mol. The van der Waals surface area contributed by atoms with Crippen LogP contribution in [0.4, 0.5) is 5.82 Å². The first-order valence-electron chi connectivity index (χ1n) is 12.5. The highest BCUT2D eigenvalue weighted by Gasteiger charge is 2.28. The number of likely N-dealkylation sites (tertiary alicyclic amines) is 1. The average Bonchev–Trinajstić information content (AvgIpc) is 3.33. The number of rotatable bonds is 7. The fraction of sp³-hybridized carbons (Fsp3) is 0.276. The molecular weight excluding hydrogens is 464 g/mol. The van der Waals surface area contributed by atoms with Gasteiger partial charge in [0.05, 0.1) is 11.4 Å². The molecule has 0 radical (unpaired) electrons. The number of nitrogens with zero attached hydrogens (tertiary/aromatic N) is 5. The smallest absolute Gasteiger partial charge is 0.246 e. The van der Waals surface area contributed by atoms with E-state index in [-0.39, 0.29) is 17.7 Å². The van der Waals surface area contributed by atoms with Crippen LogP contribution >= 0.6 is 0 Å². The molecule has 2 aromatic carbocycles. The number of aryl methyl sites for hydroxylation is 2. The number of nitrogens with two attached hydrogens (primary N) is 1. The second-order valence-corrected chi connectivity index (χ2v) is 9.47. The molecule has 188 valence electrons. The van der Waals surface area contributed by atoms with Gasteiger partial charge in [0.15, 0.2) is 11.4 Å². The van der Waals surface area contributed by atoms with E-state index in [4.69, 9.17) is 10.8 Å². The average molecular weight is 495 g/mol. The molecule has 2 aromatic heterocycles. The van der Waals surface area contributed by atoms with Crippen molar-refractivity contribution < 1.29 is 9.59 Å². The fourth-order valence-electron chi connectivity index (χ4n) is 5.04. The van der Waals surface area contributed by atoms with Crippen LogP contribution < -0.4 is 5.73 Å². The number of hydrogen-bond donors (Lipinski definition) is 1. The molecule has 3 heterocycles. The molecule has 0 saturated carbocycles. The highest BCUT2D eigenvalue weighted by molar-refractivity contribution is 5.99. The Hall–Kier alpha value is -4.33. The highest BCUT2D eigenvalue weighted by atomic mass is 16.2. The van der Waals surface area contributed by atoms with E-state index in [1.807, 2.05) is 60.1 Å². The monoisotopic (exact) mass is 494 g/mol. The van der Waals surface area contributed by atoms with Gasteiger partial charge in [-0.1, -0.05) is 55.1 Å². The van der Waals surface area contributed by atoms with E-state index >= 15 is 0 Å². The third kappa shape index (κ3) is 4.87. The van der Waals surface area contributed by atoms with Gasteiger partial charge in [-0.3, -0.25) is 9.59 Å². The van der Waals surface area contributed by atoms with E-state index in [9.17, 15) is 9.59 Å². The summed E-state index contributed by atoms with van der Waals surface area (Å²) in [6.45, 7) is 6.83. The molecule has 2 N–H and O–H groups in total. The van der Waals surface area contributed by atoms with Crippen molar-refractivity contribution in [3.63, 3.8) is 0 Å². The molecule has 8 nitrogen and oxygen atoms in total. The van der Waals surface area contributed by atoms with Gasteiger partial charge in [0.25, 0.3) is 0 Å². The molecule has 8 heteroatoms. The molecule has 1 amide bonds. The number of hydrogen-bond acceptors (Lipinski definition) is 6. The van der Waals surface area contributed by atoms with E-state index in [0.717, 1.165) is 35.1 Å². The second kappa shape index (κ2) is 10.3. The lowest BCUT2D eigenvalue weighted by atomic mass is 9.98. The molecule has 1 aliphatic rings. The summed E-state index contributed by atoms with van der Waals surface area (Å²) >= 11 is 0. The van der Waals surface area contributed by atoms with Crippen LogP contribution in [0.5, 0.6) is 0 Å². The molecule has 37 heavy (non-hydrogen) atoms. The predicted octanol–water partition coefficient (Wildman–Crippen LogP) is 4.55. The van der Waals surface area contributed by atoms with Crippen molar-refractivity contribution in [3.05, 3.63) is 84.2 Å². The summed E-state index contributed by atoms with van der Waals surface area (Å²) in [4.78, 5) is 35.4. The molecule has 1 saturated heterocycles. The zero-order valence-electron chi connectivity index (χ0n) is 20.9. The van der Waals surface area contributed by atoms with E-state index < -0.39 is 0 Å². The van der Waals surface area contributed by atoms with Crippen LogP contribution in [0, 0.1) is 6.92 Å². The van der Waals surface area contributed by atoms with Crippen molar-refractivity contribution >= 4 is 28.5 Å². The number of ketones is 1. The summed E-state index contributed by atoms with van der Waals surface area (Å²) in [6.07, 6.45) is 5.66. The molecule has 1 fully saturated rings. The quantitative estimate of drug-likeness (QED) is 0.298. The van der Waals surface area contributed by atoms with Crippen LogP contribution in [0.1, 0.15) is 46.8 Å². The Morgan fingerprint density at radius 2 is 1.92 bits per heavy atom. The minimum atomic E-state index is -0.0768. The summed E-state index contributed by atoms with van der Waals surface area (Å²) in [6, 6.07) is 15.7. The molecule has 0 bridgehead atoms. The fourth-order valence-corrected chi connectivity index (χ4v) is 5.04. The lowest BCUT2D eigenvalue weighted by Gasteiger charge is -2.32. The third-order valence-corrected chi connectivity index (χ3v) is 7.06. The number of piperidine rings is 1. The molecular formula is C29H30N6O2. The molecule has 0 spiro atoms. The number of fused-ring (bicyclic) bond motifs is 1. The van der Waals surface area contributed by atoms with E-state index in [2.05, 4.69) is 16.5 Å². The van der Waals surface area contributed by atoms with Gasteiger partial charge in [-0.25, -0.2) is 14.6 Å². The number of Topliss-reactive ketones (excluding diaryl/α,β-unsaturated/α-hetero) is 1. The summed E-state index contributed by atoms with van der Waals surface area (Å²) in [7, 11) is 0. The van der Waals surface area contributed by atoms with Crippen LogP contribution in [0.25, 0.3) is 22.3 Å². The first kappa shape index (κ1) is 24.4. The number of nitrogen functional groups attached to an aromatic ring is 1. The summed E-state index contributed by atoms with van der Waals surface area (Å²) in [5.41, 5.74) is 11.4. The summed E-state index contributed by atoms with van der Waals surface area (Å²) in [5.74, 6) is 0.439. The molecule has 4 aromatic rings. The van der Waals surface area contributed by atoms with Crippen molar-refractivity contribution in [2.24, 2.45) is 0 Å². The SMILES string of the molecule is C=CC(=O)N1CCC[C@@H](n2nc(-c3ccc(CCC(=O)c4ccccc4C)cc3)c3c(N)ncnc32)C1. The van der Waals surface area contributed by atoms with Gasteiger partial charge < -0.3 is 10.6 Å². The first-order valence-corrected chi connectivity index (χ1v) is 12.5. The molecule has 0 unspecified atom stereocenters. The van der Waals surface area contributed by atoms with Crippen molar-refractivity contribution in [3.8, 4) is 11.3 Å². The van der Waals surface area contributed by atoms with Crippen LogP contribution in [-0.4, -0.2) is 49.4 Å². The lowest BCUT2D eigenvalue weighted by molar-refractivity contribution is -0.127. The number of carbonyl (C=O) groups is 2. The summed E-state index contributed by atoms with van der Waals surface area (Å²) in [5, 5.41) is 5.64. The minimum absolute atomic E-state index is 0.0186. The van der Waals surface area contributed by atoms with Crippen LogP contribution in [0.2, 0.25) is 0 Å². The largest absolute Gasteiger partial charge is 0.383 e. The van der Waals surface area contributed by atoms with Gasteiger partial charge in [0, 0.05) is 30.6 Å². The Morgan fingerprint density at radius 3 is 2.68 bits per heavy atom. The third-order valence-electron chi connectivity index (χ3n) is 7.06. The van der Waals surface area contributed by atoms with E-state index in [1.54, 1.807) is 4.90 Å². The maximum absolute atomic E-state index is 12.7. The number of aromatic nitrogens is 4. The normalized spacial score (nSPS) is 15.6. The van der Waals surface area contributed by atoms with Gasteiger partial charge >= 0.3 is 0 Å². The number of benzene rings is 2. The van der Waals surface area contributed by atoms with Gasteiger partial charge in [-0.05, 0) is 43.4 Å². The van der Waals surface area contributed by atoms with Crippen molar-refractivity contribution in [2.45, 2.75) is 38.6 Å². The molecule has 1 atom stereocenters. The Kier molecular flexibility index (Phi) is 6.81. The standard InChI is InChI=1S/C29H30N6O2/c1-3-25(37)34-16-6-8-22(17-34)35-29-26(28(30)31-18-32-29)27(33-35)21-13-10-20(11-14-21)12-15-24(36)23-9-5-4-7-19(23)2/h3-5,7,9-11,13-14,18,22H,1,6,8,12,15-17H2,2H3,(H2,30,31,32)/t22-/m1/s1. The van der Waals surface area contributed by atoms with E-state index in [0.29, 0.717) is 48.5 Å². The van der Waals surface area contributed by atoms with Gasteiger partial charge in [-0.2, -0.15) is 5.10 Å². The minimum Gasteiger partial charge on any atom is -0.383 e. The number of carbonyl (C=O) groups excluding carboxylic acids is 2. The van der Waals surface area contributed by atoms with Crippen molar-refractivity contribution in [1.29, 1.82) is 0 Å². The Labute approximate surface area is 215 Å². The van der Waals surface area contributed by atoms with Crippen molar-refractivity contribution in [2.75, 3.05) is 18.8 Å².